The van der Waals surface area contributed by atoms with Gasteiger partial charge in [0, 0.05) is 14.2 Å². The van der Waals surface area contributed by atoms with Crippen molar-refractivity contribution >= 4 is 58.6 Å². The molecule has 0 rings (SSSR count). The summed E-state index contributed by atoms with van der Waals surface area (Å²) in [6.07, 6.45) is 0.605. The average molecular weight is 364 g/mol. The van der Waals surface area contributed by atoms with Crippen LogP contribution in [0.3, 0.4) is 0 Å². The molecule has 4 nitrogen and oxygen atoms in total. The van der Waals surface area contributed by atoms with E-state index in [1.165, 1.54) is 14.2 Å². The Hall–Kier alpha value is 1.46. The molecule has 0 aliphatic heterocycles. The molecule has 0 radical (unpaired) electrons. The molecule has 0 aromatic heterocycles. The van der Waals surface area contributed by atoms with Crippen LogP contribution in [0.1, 0.15) is 12.8 Å². The number of phosphoric acid groups is 1. The fraction of sp³-hybridized carbons (Fsp3) is 1.00. The minimum Gasteiger partial charge on any atom is -0.290 e. The molecular weight excluding hydrogens is 353 g/mol. The predicted octanol–water partition coefficient (Wildman–Crippen LogP) is 4.28. The Balaban J connectivity index is 4.03. The second-order valence-corrected chi connectivity index (χ2v) is 7.85. The Bertz CT molecular complexity index is 227. The molecule has 0 aromatic carbocycles. The largest absolute Gasteiger partial charge is 0.475 e. The van der Waals surface area contributed by atoms with E-state index in [1.807, 2.05) is 0 Å². The van der Waals surface area contributed by atoms with Gasteiger partial charge in [-0.15, -0.1) is 0 Å². The topological polar surface area (TPSA) is 44.8 Å². The van der Waals surface area contributed by atoms with Gasteiger partial charge in [0.2, 0.25) is 0 Å². The van der Waals surface area contributed by atoms with E-state index in [-0.39, 0.29) is 6.42 Å². The van der Waals surface area contributed by atoms with Gasteiger partial charge < -0.3 is 0 Å². The predicted molar refractivity (Wildman–Crippen MR) is 64.9 cm³/mol. The van der Waals surface area contributed by atoms with Gasteiger partial charge in [-0.05, 0) is 12.8 Å². The first kappa shape index (κ1) is 16.5. The van der Waals surface area contributed by atoms with Gasteiger partial charge >= 0.3 is 7.82 Å². The molecule has 92 valence electrons. The third-order valence-corrected chi connectivity index (χ3v) is 4.25. The second kappa shape index (κ2) is 7.02. The van der Waals surface area contributed by atoms with Crippen molar-refractivity contribution in [3.05, 3.63) is 0 Å². The molecule has 0 amide bonds. The van der Waals surface area contributed by atoms with Crippen molar-refractivity contribution in [1.82, 2.24) is 0 Å². The summed E-state index contributed by atoms with van der Waals surface area (Å²) in [5.74, 6) is 0. The monoisotopic (exact) mass is 362 g/mol. The van der Waals surface area contributed by atoms with Gasteiger partial charge in [-0.3, -0.25) is 13.6 Å². The minimum atomic E-state index is -3.50. The maximum atomic E-state index is 11.5. The van der Waals surface area contributed by atoms with Crippen LogP contribution in [0.25, 0.3) is 0 Å². The summed E-state index contributed by atoms with van der Waals surface area (Å²) in [5.41, 5.74) is 0. The lowest BCUT2D eigenvalue weighted by atomic mass is 10.3. The molecule has 0 fully saturated rings. The van der Waals surface area contributed by atoms with Gasteiger partial charge in [0.05, 0.1) is 0 Å². The highest BCUT2D eigenvalue weighted by molar-refractivity contribution is 9.09. The summed E-state index contributed by atoms with van der Waals surface area (Å²) in [6, 6.07) is 0. The normalized spacial score (nSPS) is 15.3. The molecule has 1 atom stereocenters. The van der Waals surface area contributed by atoms with Crippen molar-refractivity contribution in [3.8, 4) is 0 Å². The molecule has 0 aliphatic rings. The Morgan fingerprint density at radius 3 is 2.13 bits per heavy atom. The number of hydrogen-bond donors (Lipinski definition) is 0. The molecule has 1 unspecified atom stereocenters. The third kappa shape index (κ3) is 8.22. The number of hydrogen-bond acceptors (Lipinski definition) is 4. The van der Waals surface area contributed by atoms with Crippen LogP contribution in [-0.2, 0) is 18.1 Å². The van der Waals surface area contributed by atoms with Crippen LogP contribution in [-0.4, -0.2) is 23.0 Å². The van der Waals surface area contributed by atoms with Crippen molar-refractivity contribution in [2.24, 2.45) is 0 Å². The molecular formula is C6H11BrCl3O4P. The van der Waals surface area contributed by atoms with Crippen molar-refractivity contribution in [1.29, 1.82) is 0 Å². The van der Waals surface area contributed by atoms with Crippen LogP contribution in [0.15, 0.2) is 0 Å². The third-order valence-electron chi connectivity index (χ3n) is 1.35. The lowest BCUT2D eigenvalue weighted by molar-refractivity contribution is 0.140. The summed E-state index contributed by atoms with van der Waals surface area (Å²) in [6.45, 7) is 0. The highest BCUT2D eigenvalue weighted by atomic mass is 79.9. The van der Waals surface area contributed by atoms with Crippen LogP contribution < -0.4 is 0 Å². The van der Waals surface area contributed by atoms with Crippen LogP contribution in [0.5, 0.6) is 0 Å². The van der Waals surface area contributed by atoms with E-state index < -0.39 is 16.6 Å². The zero-order chi connectivity index (χ0) is 12.1. The average Bonchev–Trinajstić information content (AvgIpc) is 2.13. The number of alkyl halides is 4. The molecule has 0 aromatic rings. The highest BCUT2D eigenvalue weighted by Crippen LogP contribution is 2.50. The molecule has 0 aliphatic carbocycles. The van der Waals surface area contributed by atoms with Crippen molar-refractivity contribution in [2.75, 3.05) is 14.2 Å². The van der Waals surface area contributed by atoms with E-state index in [4.69, 9.17) is 39.3 Å². The van der Waals surface area contributed by atoms with Crippen LogP contribution >= 0.6 is 58.6 Å². The van der Waals surface area contributed by atoms with Gasteiger partial charge in [-0.1, -0.05) is 50.7 Å². The smallest absolute Gasteiger partial charge is 0.290 e. The summed E-state index contributed by atoms with van der Waals surface area (Å²) in [7, 11) is -1.05. The molecule has 0 N–H and O–H groups in total. The lowest BCUT2D eigenvalue weighted by Crippen LogP contribution is -2.10. The summed E-state index contributed by atoms with van der Waals surface area (Å²) < 4.78 is 24.3. The molecule has 0 heterocycles. The first-order valence-corrected chi connectivity index (χ1v) is 7.34. The van der Waals surface area contributed by atoms with Crippen molar-refractivity contribution < 1.29 is 18.1 Å². The minimum absolute atomic E-state index is 0.251. The summed E-state index contributed by atoms with van der Waals surface area (Å²) in [4.78, 5) is 0. The van der Waals surface area contributed by atoms with E-state index >= 15 is 0 Å². The molecule has 0 spiro atoms. The van der Waals surface area contributed by atoms with Crippen LogP contribution in [0.4, 0.5) is 0 Å². The van der Waals surface area contributed by atoms with Gasteiger partial charge in [0.15, 0.2) is 3.79 Å². The standard InChI is InChI=1S/C6H11BrCl3O4P/c1-12-15(11,13-2)14-5(7)3-4-6(8,9)10/h5H,3-4H2,1-2H3. The Labute approximate surface area is 112 Å². The van der Waals surface area contributed by atoms with Gasteiger partial charge in [0.1, 0.15) is 5.01 Å². The first-order valence-electron chi connectivity index (χ1n) is 3.83. The Morgan fingerprint density at radius 2 is 1.80 bits per heavy atom. The van der Waals surface area contributed by atoms with E-state index in [1.54, 1.807) is 0 Å². The number of halogens is 4. The van der Waals surface area contributed by atoms with Crippen molar-refractivity contribution in [2.45, 2.75) is 21.6 Å². The first-order chi connectivity index (χ1) is 6.72. The Kier molecular flexibility index (Phi) is 7.70. The molecule has 0 saturated carbocycles. The fourth-order valence-electron chi connectivity index (χ4n) is 0.631. The maximum Gasteiger partial charge on any atom is 0.475 e. The van der Waals surface area contributed by atoms with Crippen LogP contribution in [0, 0.1) is 0 Å². The van der Waals surface area contributed by atoms with Gasteiger partial charge in [-0.25, -0.2) is 4.57 Å². The summed E-state index contributed by atoms with van der Waals surface area (Å²) in [5, 5.41) is -0.571. The molecule has 9 heteroatoms. The SMILES string of the molecule is COP(=O)(OC)OC(Br)CCC(Cl)(Cl)Cl. The second-order valence-electron chi connectivity index (χ2n) is 2.48. The van der Waals surface area contributed by atoms with Gasteiger partial charge in [-0.2, -0.15) is 0 Å². The fourth-order valence-corrected chi connectivity index (χ4v) is 2.51. The summed E-state index contributed by atoms with van der Waals surface area (Å²) >= 11 is 19.7. The lowest BCUT2D eigenvalue weighted by Gasteiger charge is -2.18. The Morgan fingerprint density at radius 1 is 1.33 bits per heavy atom. The van der Waals surface area contributed by atoms with Crippen LogP contribution in [0.2, 0.25) is 0 Å². The van der Waals surface area contributed by atoms with E-state index in [0.717, 1.165) is 0 Å². The molecule has 0 saturated heterocycles. The zero-order valence-corrected chi connectivity index (χ0v) is 12.8. The molecule has 15 heavy (non-hydrogen) atoms. The van der Waals surface area contributed by atoms with Gasteiger partial charge in [0.25, 0.3) is 0 Å². The van der Waals surface area contributed by atoms with Crippen molar-refractivity contribution in [3.63, 3.8) is 0 Å². The number of phosphoric ester groups is 1. The quantitative estimate of drug-likeness (QED) is 0.521. The number of rotatable bonds is 6. The van der Waals surface area contributed by atoms with E-state index in [0.29, 0.717) is 6.42 Å². The highest BCUT2D eigenvalue weighted by Gasteiger charge is 2.28. The molecule has 0 bridgehead atoms. The van der Waals surface area contributed by atoms with E-state index in [2.05, 4.69) is 25.0 Å². The zero-order valence-electron chi connectivity index (χ0n) is 8.08. The maximum absolute atomic E-state index is 11.5. The van der Waals surface area contributed by atoms with E-state index in [9.17, 15) is 4.57 Å².